The van der Waals surface area contributed by atoms with E-state index in [-0.39, 0.29) is 32.6 Å². The number of esters is 2. The third-order valence-corrected chi connectivity index (χ3v) is 10.4. The van der Waals surface area contributed by atoms with Gasteiger partial charge in [-0.3, -0.25) is 18.6 Å². The van der Waals surface area contributed by atoms with E-state index < -0.39 is 32.5 Å². The van der Waals surface area contributed by atoms with Gasteiger partial charge in [0.2, 0.25) is 0 Å². The lowest BCUT2D eigenvalue weighted by Crippen LogP contribution is -2.29. The summed E-state index contributed by atoms with van der Waals surface area (Å²) in [6, 6.07) is 0. The van der Waals surface area contributed by atoms with Crippen molar-refractivity contribution in [2.75, 3.05) is 26.4 Å². The van der Waals surface area contributed by atoms with Crippen molar-refractivity contribution in [2.45, 2.75) is 174 Å². The van der Waals surface area contributed by atoms with Crippen LogP contribution in [0.3, 0.4) is 0 Å². The van der Waals surface area contributed by atoms with Gasteiger partial charge in [0.1, 0.15) is 6.61 Å². The minimum Gasteiger partial charge on any atom is -0.461 e. The smallest absolute Gasteiger partial charge is 0.461 e. The van der Waals surface area contributed by atoms with Gasteiger partial charge in [0, 0.05) is 13.0 Å². The van der Waals surface area contributed by atoms with E-state index in [1.54, 1.807) is 6.08 Å². The predicted molar refractivity (Wildman–Crippen MR) is 265 cm³/mol. The largest absolute Gasteiger partial charge is 0.472 e. The summed E-state index contributed by atoms with van der Waals surface area (Å²) in [6.45, 7) is 3.37. The van der Waals surface area contributed by atoms with Crippen molar-refractivity contribution in [1.29, 1.82) is 0 Å². The number of phosphoric ester groups is 1. The molecule has 0 heterocycles. The Bertz CT molecular complexity index is 1440. The Morgan fingerprint density at radius 3 is 1.30 bits per heavy atom. The van der Waals surface area contributed by atoms with Gasteiger partial charge in [0.25, 0.3) is 0 Å². The monoisotopic (exact) mass is 896 g/mol. The maximum absolute atomic E-state index is 12.6. The van der Waals surface area contributed by atoms with Crippen molar-refractivity contribution >= 4 is 19.8 Å². The molecule has 0 bridgehead atoms. The lowest BCUT2D eigenvalue weighted by atomic mass is 10.0. The normalized spacial score (nSPS) is 14.3. The average molecular weight is 896 g/mol. The Hall–Kier alpha value is -3.59. The van der Waals surface area contributed by atoms with Crippen LogP contribution < -0.4 is 5.73 Å². The van der Waals surface area contributed by atoms with Crippen molar-refractivity contribution in [3.63, 3.8) is 0 Å². The van der Waals surface area contributed by atoms with Crippen molar-refractivity contribution in [3.05, 3.63) is 122 Å². The molecule has 9 nitrogen and oxygen atoms in total. The molecular weight excluding hydrogens is 810 g/mol. The molecule has 0 aromatic carbocycles. The first-order valence-electron chi connectivity index (χ1n) is 24.0. The molecule has 0 aliphatic heterocycles. The van der Waals surface area contributed by atoms with Crippen molar-refractivity contribution in [3.8, 4) is 0 Å². The Balaban J connectivity index is 4.15. The van der Waals surface area contributed by atoms with Crippen LogP contribution in [0, 0.1) is 0 Å². The van der Waals surface area contributed by atoms with Gasteiger partial charge in [-0.25, -0.2) is 4.57 Å². The number of rotatable bonds is 43. The van der Waals surface area contributed by atoms with E-state index in [9.17, 15) is 19.0 Å². The molecule has 0 radical (unpaired) electrons. The van der Waals surface area contributed by atoms with Crippen LogP contribution in [-0.2, 0) is 32.7 Å². The summed E-state index contributed by atoms with van der Waals surface area (Å²) in [5.41, 5.74) is 5.35. The Kier molecular flexibility index (Phi) is 45.2. The SMILES string of the molecule is CC/C=C\C/C=C\C/C=C\C/C=C\C/C=C\CCCCCCCCCCCCCC(=O)OC(COC(=O)C/C=C\C/C=C\C/C=C\C/C=C\C/C=C\CC)COP(=O)(O)OCCN. The molecule has 0 spiro atoms. The molecule has 0 aromatic heterocycles. The second-order valence-corrected chi connectivity index (χ2v) is 16.7. The van der Waals surface area contributed by atoms with Gasteiger partial charge in [-0.2, -0.15) is 0 Å². The molecule has 0 saturated heterocycles. The number of allylic oxidation sites excluding steroid dienone is 19. The van der Waals surface area contributed by atoms with E-state index in [4.69, 9.17) is 24.3 Å². The molecule has 2 unspecified atom stereocenters. The van der Waals surface area contributed by atoms with Crippen molar-refractivity contribution < 1.29 is 37.6 Å². The Morgan fingerprint density at radius 2 is 0.873 bits per heavy atom. The predicted octanol–water partition coefficient (Wildman–Crippen LogP) is 14.5. The fraction of sp³-hybridized carbons (Fsp3) is 0.585. The molecule has 0 aliphatic carbocycles. The van der Waals surface area contributed by atoms with Crippen molar-refractivity contribution in [2.24, 2.45) is 5.73 Å². The molecule has 0 amide bonds. The molecule has 0 saturated carbocycles. The molecule has 63 heavy (non-hydrogen) atoms. The zero-order valence-corrected chi connectivity index (χ0v) is 40.1. The fourth-order valence-electron chi connectivity index (χ4n) is 5.91. The lowest BCUT2D eigenvalue weighted by molar-refractivity contribution is -0.160. The minimum absolute atomic E-state index is 0.0349. The third kappa shape index (κ3) is 47.7. The summed E-state index contributed by atoms with van der Waals surface area (Å²) in [7, 11) is -4.41. The zero-order chi connectivity index (χ0) is 46.0. The second-order valence-electron chi connectivity index (χ2n) is 15.2. The van der Waals surface area contributed by atoms with Gasteiger partial charge in [0.05, 0.1) is 19.6 Å². The summed E-state index contributed by atoms with van der Waals surface area (Å²) in [6.07, 6.45) is 65.5. The zero-order valence-electron chi connectivity index (χ0n) is 39.3. The van der Waals surface area contributed by atoms with Gasteiger partial charge in [-0.05, 0) is 83.5 Å². The molecular formula is C53H86NO8P. The number of phosphoric acid groups is 1. The van der Waals surface area contributed by atoms with Gasteiger partial charge >= 0.3 is 19.8 Å². The van der Waals surface area contributed by atoms with E-state index >= 15 is 0 Å². The van der Waals surface area contributed by atoms with Crippen LogP contribution in [0.25, 0.3) is 0 Å². The number of unbranched alkanes of at least 4 members (excludes halogenated alkanes) is 11. The highest BCUT2D eigenvalue weighted by atomic mass is 31.2. The van der Waals surface area contributed by atoms with Gasteiger partial charge in [-0.1, -0.05) is 193 Å². The first-order valence-corrected chi connectivity index (χ1v) is 25.5. The lowest BCUT2D eigenvalue weighted by Gasteiger charge is -2.19. The highest BCUT2D eigenvalue weighted by Gasteiger charge is 2.25. The highest BCUT2D eigenvalue weighted by molar-refractivity contribution is 7.47. The van der Waals surface area contributed by atoms with Crippen LogP contribution in [0.2, 0.25) is 0 Å². The molecule has 3 N–H and O–H groups in total. The number of carbonyl (C=O) groups is 2. The van der Waals surface area contributed by atoms with Crippen LogP contribution in [0.15, 0.2) is 122 Å². The number of carbonyl (C=O) groups excluding carboxylic acids is 2. The van der Waals surface area contributed by atoms with E-state index in [1.165, 1.54) is 44.9 Å². The summed E-state index contributed by atoms with van der Waals surface area (Å²) in [4.78, 5) is 34.9. The van der Waals surface area contributed by atoms with Crippen molar-refractivity contribution in [1.82, 2.24) is 0 Å². The van der Waals surface area contributed by atoms with E-state index in [2.05, 4.69) is 117 Å². The fourth-order valence-corrected chi connectivity index (χ4v) is 6.68. The first-order chi connectivity index (χ1) is 30.8. The first kappa shape index (κ1) is 59.4. The molecule has 356 valence electrons. The number of ether oxygens (including phenoxy) is 2. The summed E-state index contributed by atoms with van der Waals surface area (Å²) in [5, 5.41) is 0. The van der Waals surface area contributed by atoms with Crippen LogP contribution in [0.1, 0.15) is 168 Å². The van der Waals surface area contributed by atoms with E-state index in [1.807, 2.05) is 12.2 Å². The molecule has 0 aromatic rings. The quantitative estimate of drug-likeness (QED) is 0.0265. The molecule has 10 heteroatoms. The highest BCUT2D eigenvalue weighted by Crippen LogP contribution is 2.43. The van der Waals surface area contributed by atoms with Crippen LogP contribution in [0.4, 0.5) is 0 Å². The summed E-state index contributed by atoms with van der Waals surface area (Å²) in [5.74, 6) is -0.990. The molecule has 2 atom stereocenters. The minimum atomic E-state index is -4.41. The molecule has 0 rings (SSSR count). The number of hydrogen-bond acceptors (Lipinski definition) is 8. The summed E-state index contributed by atoms with van der Waals surface area (Å²) < 4.78 is 32.7. The van der Waals surface area contributed by atoms with Gasteiger partial charge in [-0.15, -0.1) is 0 Å². The Labute approximate surface area is 383 Å². The third-order valence-electron chi connectivity index (χ3n) is 9.38. The van der Waals surface area contributed by atoms with Gasteiger partial charge in [0.15, 0.2) is 6.10 Å². The number of nitrogens with two attached hydrogens (primary N) is 1. The van der Waals surface area contributed by atoms with E-state index in [0.29, 0.717) is 12.8 Å². The van der Waals surface area contributed by atoms with E-state index in [0.717, 1.165) is 83.5 Å². The molecule has 0 aliphatic rings. The number of hydrogen-bond donors (Lipinski definition) is 2. The Morgan fingerprint density at radius 1 is 0.492 bits per heavy atom. The maximum atomic E-state index is 12.6. The van der Waals surface area contributed by atoms with Gasteiger partial charge < -0.3 is 20.1 Å². The molecule has 0 fully saturated rings. The standard InChI is InChI=1S/C53H86NO8P/c1-3-5-7-9-11-13-15-17-19-20-21-22-23-24-25-26-27-28-29-30-32-34-36-38-40-42-44-46-53(56)62-51(50-61-63(57,58)60-48-47-54)49-59-52(55)45-43-41-39-37-35-33-31-18-16-14-12-10-8-6-4-2/h5-8,11-14,17-19,21-22,24-25,31,35,37,41,43,51H,3-4,9-10,15-16,20,23,26-30,32-34,36,38-40,42,44-50,54H2,1-2H3,(H,57,58)/b7-5-,8-6-,13-11-,14-12-,19-17-,22-21-,25-24-,31-18-,37-35-,43-41-. The van der Waals surface area contributed by atoms with Crippen LogP contribution in [-0.4, -0.2) is 49.3 Å². The average Bonchev–Trinajstić information content (AvgIpc) is 3.27. The van der Waals surface area contributed by atoms with Crippen LogP contribution >= 0.6 is 7.82 Å². The second kappa shape index (κ2) is 47.9. The summed E-state index contributed by atoms with van der Waals surface area (Å²) >= 11 is 0. The van der Waals surface area contributed by atoms with Crippen LogP contribution in [0.5, 0.6) is 0 Å². The maximum Gasteiger partial charge on any atom is 0.472 e. The topological polar surface area (TPSA) is 134 Å².